The molecule has 7 nitrogen and oxygen atoms in total. The number of hydrogen-bond donors (Lipinski definition) is 1. The summed E-state index contributed by atoms with van der Waals surface area (Å²) in [6, 6.07) is 12.7. The summed E-state index contributed by atoms with van der Waals surface area (Å²) in [6.45, 7) is 8.09. The van der Waals surface area contributed by atoms with Crippen molar-refractivity contribution in [2.45, 2.75) is 77.2 Å². The van der Waals surface area contributed by atoms with Crippen LogP contribution in [0.1, 0.15) is 85.2 Å². The lowest BCUT2D eigenvalue weighted by Crippen LogP contribution is -2.41. The van der Waals surface area contributed by atoms with Gasteiger partial charge in [-0.2, -0.15) is 0 Å². The number of amides is 1. The van der Waals surface area contributed by atoms with Gasteiger partial charge in [-0.05, 0) is 86.7 Å². The van der Waals surface area contributed by atoms with Gasteiger partial charge in [0.25, 0.3) is 0 Å². The molecule has 3 heterocycles. The van der Waals surface area contributed by atoms with E-state index in [0.29, 0.717) is 23.8 Å². The third-order valence-corrected chi connectivity index (χ3v) is 10.3. The number of carbonyl (C=O) groups excluding carboxylic acids is 1. The second-order valence-electron chi connectivity index (χ2n) is 13.4. The quantitative estimate of drug-likeness (QED) is 0.317. The molecule has 1 atom stereocenters. The van der Waals surface area contributed by atoms with E-state index in [9.17, 15) is 14.7 Å². The van der Waals surface area contributed by atoms with Gasteiger partial charge >= 0.3 is 5.97 Å². The third kappa shape index (κ3) is 6.19. The number of benzene rings is 2. The first kappa shape index (κ1) is 29.7. The smallest absolute Gasteiger partial charge is 0.335 e. The maximum absolute atomic E-state index is 12.2. The number of carboxylic acids is 1. The average molecular weight is 585 g/mol. The molecule has 230 valence electrons. The maximum Gasteiger partial charge on any atom is 0.335 e. The number of carboxylic acid groups (broad SMARTS) is 1. The fourth-order valence-corrected chi connectivity index (χ4v) is 7.92. The van der Waals surface area contributed by atoms with Gasteiger partial charge in [0.05, 0.1) is 11.3 Å². The molecule has 2 fully saturated rings. The van der Waals surface area contributed by atoms with Gasteiger partial charge in [0, 0.05) is 75.4 Å². The van der Waals surface area contributed by atoms with Crippen LogP contribution in [-0.4, -0.2) is 78.2 Å². The monoisotopic (exact) mass is 584 g/mol. The van der Waals surface area contributed by atoms with Crippen molar-refractivity contribution < 1.29 is 14.7 Å². The maximum atomic E-state index is 12.2. The number of hydrogen-bond acceptors (Lipinski definition) is 4. The van der Waals surface area contributed by atoms with Gasteiger partial charge in [0.1, 0.15) is 0 Å². The van der Waals surface area contributed by atoms with Gasteiger partial charge < -0.3 is 24.4 Å². The second kappa shape index (κ2) is 12.7. The van der Waals surface area contributed by atoms with Crippen LogP contribution in [0.5, 0.6) is 0 Å². The van der Waals surface area contributed by atoms with E-state index in [2.05, 4.69) is 45.6 Å². The van der Waals surface area contributed by atoms with E-state index in [0.717, 1.165) is 51.2 Å². The molecule has 2 aliphatic heterocycles. The lowest BCUT2D eigenvalue weighted by atomic mass is 9.81. The van der Waals surface area contributed by atoms with Crippen molar-refractivity contribution >= 4 is 28.5 Å². The van der Waals surface area contributed by atoms with Crippen LogP contribution in [0.3, 0.4) is 0 Å². The number of anilines is 1. The van der Waals surface area contributed by atoms with Crippen molar-refractivity contribution in [3.63, 3.8) is 0 Å². The van der Waals surface area contributed by atoms with Gasteiger partial charge in [-0.25, -0.2) is 4.79 Å². The van der Waals surface area contributed by atoms with E-state index in [1.165, 1.54) is 78.4 Å². The molecule has 43 heavy (non-hydrogen) atoms. The Kier molecular flexibility index (Phi) is 8.80. The lowest BCUT2D eigenvalue weighted by molar-refractivity contribution is -0.129. The summed E-state index contributed by atoms with van der Waals surface area (Å²) < 4.78 is 2.44. The highest BCUT2D eigenvalue weighted by molar-refractivity contribution is 5.99. The van der Waals surface area contributed by atoms with E-state index < -0.39 is 5.97 Å². The van der Waals surface area contributed by atoms with Crippen molar-refractivity contribution in [2.24, 2.45) is 5.92 Å². The van der Waals surface area contributed by atoms with Crippen LogP contribution in [0.15, 0.2) is 36.4 Å². The van der Waals surface area contributed by atoms with E-state index >= 15 is 0 Å². The molecule has 3 aromatic rings. The van der Waals surface area contributed by atoms with Crippen LogP contribution >= 0.6 is 0 Å². The number of aryl methyl sites for hydroxylation is 1. The van der Waals surface area contributed by atoms with Crippen molar-refractivity contribution in [3.8, 4) is 11.3 Å². The summed E-state index contributed by atoms with van der Waals surface area (Å²) in [6.07, 6.45) is 10.3. The molecule has 1 N–H and O–H groups in total. The zero-order valence-electron chi connectivity index (χ0n) is 26.3. The van der Waals surface area contributed by atoms with Gasteiger partial charge in [-0.3, -0.25) is 4.79 Å². The second-order valence-corrected chi connectivity index (χ2v) is 13.4. The molecule has 7 heteroatoms. The van der Waals surface area contributed by atoms with Crippen molar-refractivity contribution in [3.05, 3.63) is 53.1 Å². The van der Waals surface area contributed by atoms with Gasteiger partial charge in [-0.1, -0.05) is 37.5 Å². The summed E-state index contributed by atoms with van der Waals surface area (Å²) in [4.78, 5) is 31.1. The largest absolute Gasteiger partial charge is 0.478 e. The Morgan fingerprint density at radius 3 is 2.51 bits per heavy atom. The van der Waals surface area contributed by atoms with Gasteiger partial charge in [0.2, 0.25) is 5.91 Å². The number of aromatic carboxylic acids is 1. The summed E-state index contributed by atoms with van der Waals surface area (Å²) in [5.41, 5.74) is 8.03. The van der Waals surface area contributed by atoms with Crippen LogP contribution in [0.25, 0.3) is 22.2 Å². The van der Waals surface area contributed by atoms with Crippen molar-refractivity contribution in [1.29, 1.82) is 0 Å². The number of piperidine rings is 1. The Morgan fingerprint density at radius 2 is 1.74 bits per heavy atom. The van der Waals surface area contributed by atoms with E-state index in [4.69, 9.17) is 0 Å². The number of carbonyl (C=O) groups is 2. The first-order valence-electron chi connectivity index (χ1n) is 16.5. The molecule has 1 aromatic heterocycles. The highest BCUT2D eigenvalue weighted by atomic mass is 16.4. The molecule has 1 saturated carbocycles. The minimum absolute atomic E-state index is 0.230. The molecular weight excluding hydrogens is 536 g/mol. The molecule has 1 aliphatic carbocycles. The molecule has 1 amide bonds. The minimum Gasteiger partial charge on any atom is -0.478 e. The Balaban J connectivity index is 1.30. The summed E-state index contributed by atoms with van der Waals surface area (Å²) in [5, 5.41) is 11.1. The Labute approximate surface area is 256 Å². The van der Waals surface area contributed by atoms with Crippen LogP contribution in [0.4, 0.5) is 5.69 Å². The highest BCUT2D eigenvalue weighted by Crippen LogP contribution is 2.47. The zero-order valence-corrected chi connectivity index (χ0v) is 26.3. The Hall–Kier alpha value is -3.32. The third-order valence-electron chi connectivity index (χ3n) is 10.3. The Bertz CT molecular complexity index is 1490. The average Bonchev–Trinajstić information content (AvgIpc) is 3.24. The first-order chi connectivity index (χ1) is 20.8. The van der Waals surface area contributed by atoms with Crippen LogP contribution in [-0.2, 0) is 11.3 Å². The normalized spacial score (nSPS) is 19.6. The molecule has 0 radical (unpaired) electrons. The van der Waals surface area contributed by atoms with Crippen LogP contribution in [0, 0.1) is 12.8 Å². The number of likely N-dealkylation sites (tertiary alicyclic amines) is 1. The molecule has 6 rings (SSSR count). The minimum atomic E-state index is -0.867. The topological polar surface area (TPSA) is 69.0 Å². The van der Waals surface area contributed by atoms with Crippen LogP contribution in [0.2, 0.25) is 0 Å². The molecule has 1 saturated heterocycles. The lowest BCUT2D eigenvalue weighted by Gasteiger charge is -2.35. The number of fused-ring (bicyclic) bond motifs is 5. The van der Waals surface area contributed by atoms with Crippen molar-refractivity contribution in [1.82, 2.24) is 14.4 Å². The predicted octanol–water partition coefficient (Wildman–Crippen LogP) is 6.76. The summed E-state index contributed by atoms with van der Waals surface area (Å²) in [5.74, 6) is 0.459. The number of nitrogens with zero attached hydrogens (tertiary/aromatic N) is 4. The number of aromatic nitrogens is 1. The van der Waals surface area contributed by atoms with Gasteiger partial charge in [-0.15, -0.1) is 0 Å². The SMILES string of the molecule is Cc1ccc2c(c1)N(CCN1CCC[C@@H](CCC(=O)N(C)C)C1)CCn1c-2c(C2CCCCC2)c2ccc(C(=O)O)cc21. The molecule has 0 bridgehead atoms. The summed E-state index contributed by atoms with van der Waals surface area (Å²) >= 11 is 0. The first-order valence-corrected chi connectivity index (χ1v) is 16.5. The molecule has 2 aromatic carbocycles. The standard InChI is InChI=1S/C36H48N4O3/c1-25-11-14-30-31(22-25)39(19-18-38-17-7-8-26(24-38)12-16-33(41)37(2)3)20-21-40-32-23-28(36(42)43)13-15-29(32)34(35(30)40)27-9-5-4-6-10-27/h11,13-15,22-23,26-27H,4-10,12,16-21,24H2,1-3H3,(H,42,43)/t26-/m0/s1. The van der Waals surface area contributed by atoms with E-state index in [1.807, 2.05) is 20.2 Å². The summed E-state index contributed by atoms with van der Waals surface area (Å²) in [7, 11) is 3.69. The van der Waals surface area contributed by atoms with Crippen LogP contribution < -0.4 is 4.90 Å². The van der Waals surface area contributed by atoms with Crippen molar-refractivity contribution in [2.75, 3.05) is 51.7 Å². The molecule has 0 unspecified atom stereocenters. The molecular formula is C36H48N4O3. The fourth-order valence-electron chi connectivity index (χ4n) is 7.92. The predicted molar refractivity (Wildman–Crippen MR) is 174 cm³/mol. The van der Waals surface area contributed by atoms with Gasteiger partial charge in [0.15, 0.2) is 0 Å². The fraction of sp³-hybridized carbons (Fsp3) is 0.556. The van der Waals surface area contributed by atoms with E-state index in [1.54, 1.807) is 11.0 Å². The molecule has 3 aliphatic rings. The molecule has 0 spiro atoms. The number of rotatable bonds is 8. The highest BCUT2D eigenvalue weighted by Gasteiger charge is 2.31. The van der Waals surface area contributed by atoms with E-state index in [-0.39, 0.29) is 5.91 Å². The Morgan fingerprint density at radius 1 is 0.930 bits per heavy atom. The zero-order chi connectivity index (χ0) is 30.1.